The van der Waals surface area contributed by atoms with Gasteiger partial charge in [-0.25, -0.2) is 0 Å². The van der Waals surface area contributed by atoms with Crippen molar-refractivity contribution in [3.63, 3.8) is 0 Å². The SMILES string of the molecule is COc1cc(Br)ccc1C1(CCN)CC1. The van der Waals surface area contributed by atoms with Gasteiger partial charge in [-0.15, -0.1) is 0 Å². The summed E-state index contributed by atoms with van der Waals surface area (Å²) in [5, 5.41) is 0. The van der Waals surface area contributed by atoms with E-state index in [-0.39, 0.29) is 0 Å². The minimum atomic E-state index is 0.306. The normalized spacial score (nSPS) is 17.5. The summed E-state index contributed by atoms with van der Waals surface area (Å²) in [5.74, 6) is 0.982. The van der Waals surface area contributed by atoms with Crippen molar-refractivity contribution in [2.45, 2.75) is 24.7 Å². The van der Waals surface area contributed by atoms with Gasteiger partial charge in [-0.3, -0.25) is 0 Å². The molecule has 0 radical (unpaired) electrons. The molecular weight excluding hydrogens is 254 g/mol. The predicted octanol–water partition coefficient (Wildman–Crippen LogP) is 2.84. The molecule has 0 amide bonds. The molecule has 0 bridgehead atoms. The summed E-state index contributed by atoms with van der Waals surface area (Å²) >= 11 is 3.46. The van der Waals surface area contributed by atoms with Crippen LogP contribution in [-0.2, 0) is 5.41 Å². The zero-order valence-corrected chi connectivity index (χ0v) is 10.5. The van der Waals surface area contributed by atoms with Crippen molar-refractivity contribution in [2.24, 2.45) is 5.73 Å². The second kappa shape index (κ2) is 4.14. The Balaban J connectivity index is 2.35. The van der Waals surface area contributed by atoms with E-state index in [1.54, 1.807) is 7.11 Å². The standard InChI is InChI=1S/C12H16BrNO/c1-15-11-8-9(13)2-3-10(11)12(4-5-12)6-7-14/h2-3,8H,4-7,14H2,1H3. The van der Waals surface area contributed by atoms with E-state index in [0.717, 1.165) is 23.2 Å². The zero-order valence-electron chi connectivity index (χ0n) is 8.92. The number of hydrogen-bond donors (Lipinski definition) is 1. The van der Waals surface area contributed by atoms with E-state index < -0.39 is 0 Å². The van der Waals surface area contributed by atoms with E-state index in [1.807, 2.05) is 6.07 Å². The third-order valence-corrected chi connectivity index (χ3v) is 3.70. The van der Waals surface area contributed by atoms with Crippen LogP contribution in [0.1, 0.15) is 24.8 Å². The maximum atomic E-state index is 5.66. The van der Waals surface area contributed by atoms with Gasteiger partial charge < -0.3 is 10.5 Å². The largest absolute Gasteiger partial charge is 0.496 e. The molecule has 82 valence electrons. The molecule has 0 saturated heterocycles. The fourth-order valence-electron chi connectivity index (χ4n) is 2.18. The first-order chi connectivity index (χ1) is 7.22. The van der Waals surface area contributed by atoms with E-state index >= 15 is 0 Å². The Kier molecular flexibility index (Phi) is 3.03. The third-order valence-electron chi connectivity index (χ3n) is 3.21. The molecule has 0 spiro atoms. The van der Waals surface area contributed by atoms with E-state index in [2.05, 4.69) is 28.1 Å². The monoisotopic (exact) mass is 269 g/mol. The average molecular weight is 270 g/mol. The topological polar surface area (TPSA) is 35.2 Å². The van der Waals surface area contributed by atoms with Crippen LogP contribution in [0.3, 0.4) is 0 Å². The Morgan fingerprint density at radius 2 is 2.20 bits per heavy atom. The van der Waals surface area contributed by atoms with Gasteiger partial charge in [0.05, 0.1) is 7.11 Å². The summed E-state index contributed by atoms with van der Waals surface area (Å²) in [6.45, 7) is 0.749. The molecule has 0 heterocycles. The van der Waals surface area contributed by atoms with Crippen molar-refractivity contribution in [2.75, 3.05) is 13.7 Å². The van der Waals surface area contributed by atoms with E-state index in [9.17, 15) is 0 Å². The van der Waals surface area contributed by atoms with Crippen molar-refractivity contribution in [3.05, 3.63) is 28.2 Å². The fraction of sp³-hybridized carbons (Fsp3) is 0.500. The van der Waals surface area contributed by atoms with Gasteiger partial charge in [-0.05, 0) is 37.9 Å². The molecule has 0 unspecified atom stereocenters. The molecule has 1 aromatic rings. The van der Waals surface area contributed by atoms with Gasteiger partial charge in [0.25, 0.3) is 0 Å². The molecule has 2 nitrogen and oxygen atoms in total. The summed E-state index contributed by atoms with van der Waals surface area (Å²) < 4.78 is 6.49. The van der Waals surface area contributed by atoms with Crippen molar-refractivity contribution >= 4 is 15.9 Å². The minimum absolute atomic E-state index is 0.306. The lowest BCUT2D eigenvalue weighted by atomic mass is 9.91. The highest BCUT2D eigenvalue weighted by Crippen LogP contribution is 2.53. The van der Waals surface area contributed by atoms with Crippen LogP contribution in [0.25, 0.3) is 0 Å². The van der Waals surface area contributed by atoms with Crippen molar-refractivity contribution in [1.82, 2.24) is 0 Å². The van der Waals surface area contributed by atoms with E-state index in [4.69, 9.17) is 10.5 Å². The summed E-state index contributed by atoms with van der Waals surface area (Å²) in [6, 6.07) is 6.27. The molecule has 1 fully saturated rings. The third kappa shape index (κ3) is 2.04. The first-order valence-electron chi connectivity index (χ1n) is 5.26. The highest BCUT2D eigenvalue weighted by Gasteiger charge is 2.45. The van der Waals surface area contributed by atoms with Gasteiger partial charge in [0.2, 0.25) is 0 Å². The maximum Gasteiger partial charge on any atom is 0.123 e. The first-order valence-corrected chi connectivity index (χ1v) is 6.05. The molecule has 1 aliphatic carbocycles. The number of halogens is 1. The van der Waals surface area contributed by atoms with Crippen LogP contribution in [0.4, 0.5) is 0 Å². The van der Waals surface area contributed by atoms with Crippen LogP contribution in [-0.4, -0.2) is 13.7 Å². The molecule has 3 heteroatoms. The quantitative estimate of drug-likeness (QED) is 0.913. The summed E-state index contributed by atoms with van der Waals surface area (Å²) in [6.07, 6.45) is 3.54. The molecule has 1 aromatic carbocycles. The minimum Gasteiger partial charge on any atom is -0.496 e. The molecule has 0 aromatic heterocycles. The van der Waals surface area contributed by atoms with Gasteiger partial charge in [0, 0.05) is 15.5 Å². The highest BCUT2D eigenvalue weighted by atomic mass is 79.9. The van der Waals surface area contributed by atoms with Crippen LogP contribution in [0.2, 0.25) is 0 Å². The van der Waals surface area contributed by atoms with Gasteiger partial charge in [-0.1, -0.05) is 22.0 Å². The van der Waals surface area contributed by atoms with Crippen molar-refractivity contribution in [1.29, 1.82) is 0 Å². The molecular formula is C12H16BrNO. The number of nitrogens with two attached hydrogens (primary N) is 1. The molecule has 2 rings (SSSR count). The molecule has 0 aliphatic heterocycles. The smallest absolute Gasteiger partial charge is 0.123 e. The molecule has 0 atom stereocenters. The maximum absolute atomic E-state index is 5.66. The molecule has 1 aliphatic rings. The first kappa shape index (κ1) is 11.0. The molecule has 15 heavy (non-hydrogen) atoms. The fourth-order valence-corrected chi connectivity index (χ4v) is 2.52. The van der Waals surface area contributed by atoms with Gasteiger partial charge in [0.15, 0.2) is 0 Å². The number of methoxy groups -OCH3 is 1. The second-order valence-corrected chi connectivity index (χ2v) is 5.08. The van der Waals surface area contributed by atoms with Gasteiger partial charge in [-0.2, -0.15) is 0 Å². The lowest BCUT2D eigenvalue weighted by molar-refractivity contribution is 0.402. The van der Waals surface area contributed by atoms with E-state index in [0.29, 0.717) is 5.41 Å². The number of hydrogen-bond acceptors (Lipinski definition) is 2. The zero-order chi connectivity index (χ0) is 10.9. The second-order valence-electron chi connectivity index (χ2n) is 4.16. The van der Waals surface area contributed by atoms with Crippen LogP contribution in [0.5, 0.6) is 5.75 Å². The highest BCUT2D eigenvalue weighted by molar-refractivity contribution is 9.10. The van der Waals surface area contributed by atoms with Crippen LogP contribution in [0, 0.1) is 0 Å². The van der Waals surface area contributed by atoms with Crippen LogP contribution >= 0.6 is 15.9 Å². The van der Waals surface area contributed by atoms with Crippen LogP contribution < -0.4 is 10.5 Å². The Morgan fingerprint density at radius 3 is 2.73 bits per heavy atom. The Bertz CT molecular complexity index is 361. The Morgan fingerprint density at radius 1 is 1.47 bits per heavy atom. The average Bonchev–Trinajstić information content (AvgIpc) is 2.99. The number of benzene rings is 1. The summed E-state index contributed by atoms with van der Waals surface area (Å²) in [7, 11) is 1.73. The van der Waals surface area contributed by atoms with Gasteiger partial charge >= 0.3 is 0 Å². The molecule has 2 N–H and O–H groups in total. The summed E-state index contributed by atoms with van der Waals surface area (Å²) in [4.78, 5) is 0. The van der Waals surface area contributed by atoms with Crippen molar-refractivity contribution < 1.29 is 4.74 Å². The summed E-state index contributed by atoms with van der Waals surface area (Å²) in [5.41, 5.74) is 7.29. The Hall–Kier alpha value is -0.540. The van der Waals surface area contributed by atoms with Crippen LogP contribution in [0.15, 0.2) is 22.7 Å². The lowest BCUT2D eigenvalue weighted by Crippen LogP contribution is -2.14. The lowest BCUT2D eigenvalue weighted by Gasteiger charge is -2.18. The molecule has 1 saturated carbocycles. The van der Waals surface area contributed by atoms with Crippen molar-refractivity contribution in [3.8, 4) is 5.75 Å². The predicted molar refractivity (Wildman–Crippen MR) is 65.3 cm³/mol. The number of ether oxygens (including phenoxy) is 1. The van der Waals surface area contributed by atoms with Gasteiger partial charge in [0.1, 0.15) is 5.75 Å². The van der Waals surface area contributed by atoms with E-state index in [1.165, 1.54) is 18.4 Å². The Labute approximate surface area is 98.9 Å². The number of rotatable bonds is 4.